The second-order valence-electron chi connectivity index (χ2n) is 8.53. The molecule has 5 rings (SSSR count). The van der Waals surface area contributed by atoms with Gasteiger partial charge in [-0.3, -0.25) is 9.59 Å². The lowest BCUT2D eigenvalue weighted by atomic mass is 10.0. The normalized spacial score (nSPS) is 11.8. The first-order chi connectivity index (χ1) is 19.4. The number of benzene rings is 3. The molecule has 40 heavy (non-hydrogen) atoms. The number of aromatic nitrogens is 6. The van der Waals surface area contributed by atoms with Crippen LogP contribution < -0.4 is 16.4 Å². The quantitative estimate of drug-likeness (QED) is 0.233. The molecule has 0 bridgehead atoms. The third-order valence-corrected chi connectivity index (χ3v) is 5.99. The first kappa shape index (κ1) is 26.3. The van der Waals surface area contributed by atoms with Gasteiger partial charge in [0, 0.05) is 34.3 Å². The Bertz CT molecular complexity index is 1700. The zero-order valence-corrected chi connectivity index (χ0v) is 21.4. The Morgan fingerprint density at radius 3 is 2.58 bits per heavy atom. The van der Waals surface area contributed by atoms with Crippen molar-refractivity contribution >= 4 is 35.2 Å². The van der Waals surface area contributed by atoms with Crippen molar-refractivity contribution in [3.63, 3.8) is 0 Å². The fourth-order valence-corrected chi connectivity index (χ4v) is 4.04. The van der Waals surface area contributed by atoms with Crippen LogP contribution in [0.15, 0.2) is 94.4 Å². The second kappa shape index (κ2) is 12.0. The summed E-state index contributed by atoms with van der Waals surface area (Å²) in [6.07, 6.45) is 4.58. The summed E-state index contributed by atoms with van der Waals surface area (Å²) in [5.41, 5.74) is 3.13. The fourth-order valence-electron chi connectivity index (χ4n) is 3.86. The Morgan fingerprint density at radius 1 is 1.07 bits per heavy atom. The monoisotopic (exact) mass is 556 g/mol. The van der Waals surface area contributed by atoms with Crippen LogP contribution in [0.2, 0.25) is 5.02 Å². The number of hydrogen-bond donors (Lipinski definition) is 3. The van der Waals surface area contributed by atoms with Gasteiger partial charge in [0.15, 0.2) is 0 Å². The molecular weight excluding hydrogens is 536 g/mol. The lowest BCUT2D eigenvalue weighted by Gasteiger charge is -2.18. The van der Waals surface area contributed by atoms with Crippen molar-refractivity contribution < 1.29 is 14.0 Å². The fraction of sp³-hybridized carbons (Fsp3) is 0.0741. The van der Waals surface area contributed by atoms with E-state index in [2.05, 4.69) is 36.4 Å². The van der Waals surface area contributed by atoms with Gasteiger partial charge in [-0.2, -0.15) is 4.68 Å². The molecule has 3 N–H and O–H groups in total. The van der Waals surface area contributed by atoms with Crippen molar-refractivity contribution in [3.05, 3.63) is 112 Å². The summed E-state index contributed by atoms with van der Waals surface area (Å²) < 4.78 is 6.40. The average Bonchev–Trinajstić information content (AvgIpc) is 3.65. The molecule has 13 heteroatoms. The Balaban J connectivity index is 1.32. The van der Waals surface area contributed by atoms with Gasteiger partial charge in [-0.25, -0.2) is 9.89 Å². The van der Waals surface area contributed by atoms with Crippen LogP contribution in [0.3, 0.4) is 0 Å². The number of carbonyl (C=O) groups excluding carboxylic acids is 2. The van der Waals surface area contributed by atoms with Crippen LogP contribution >= 0.6 is 11.6 Å². The van der Waals surface area contributed by atoms with Crippen LogP contribution in [0, 0.1) is 0 Å². The maximum Gasteiger partial charge on any atom is 0.434 e. The van der Waals surface area contributed by atoms with Gasteiger partial charge >= 0.3 is 5.76 Å². The van der Waals surface area contributed by atoms with Crippen molar-refractivity contribution in [1.82, 2.24) is 35.7 Å². The summed E-state index contributed by atoms with van der Waals surface area (Å²) >= 11 is 6.16. The lowest BCUT2D eigenvalue weighted by Crippen LogP contribution is -2.44. The minimum absolute atomic E-state index is 0.131. The molecule has 0 fully saturated rings. The molecule has 0 radical (unpaired) electrons. The largest absolute Gasteiger partial charge is 0.434 e. The Labute approximate surface area is 231 Å². The summed E-state index contributed by atoms with van der Waals surface area (Å²) in [4.78, 5) is 37.4. The average molecular weight is 557 g/mol. The second-order valence-corrected chi connectivity index (χ2v) is 8.96. The molecule has 0 aliphatic heterocycles. The number of H-pyrrole nitrogens is 1. The van der Waals surface area contributed by atoms with Crippen LogP contribution in [0.4, 0.5) is 5.69 Å². The molecule has 1 atom stereocenters. The van der Waals surface area contributed by atoms with Crippen LogP contribution in [0.25, 0.3) is 23.2 Å². The van der Waals surface area contributed by atoms with E-state index in [-0.39, 0.29) is 12.3 Å². The predicted octanol–water partition coefficient (Wildman–Crippen LogP) is 3.04. The first-order valence-corrected chi connectivity index (χ1v) is 12.3. The predicted molar refractivity (Wildman–Crippen MR) is 146 cm³/mol. The number of nitrogens with one attached hydrogen (secondary N) is 3. The Kier molecular flexibility index (Phi) is 7.88. The number of hydrogen-bond acceptors (Lipinski definition) is 8. The highest BCUT2D eigenvalue weighted by Gasteiger charge is 2.21. The number of amides is 2. The number of halogens is 1. The molecule has 2 heterocycles. The molecule has 2 aromatic heterocycles. The third-order valence-electron chi connectivity index (χ3n) is 5.75. The van der Waals surface area contributed by atoms with Gasteiger partial charge in [-0.1, -0.05) is 41.9 Å². The number of tetrazole rings is 1. The number of aromatic amines is 1. The summed E-state index contributed by atoms with van der Waals surface area (Å²) in [6.45, 7) is 0. The molecule has 0 aliphatic rings. The zero-order valence-electron chi connectivity index (χ0n) is 20.7. The standard InChI is InChI=1S/C27H21ClN8O4/c28-20-9-12-23(36-16-29-34-35-36)19(15-20)8-13-24(37)31-22(14-17-4-2-1-3-5-17)25(38)30-21-10-6-18(7-11-21)26-32-33-27(39)40-26/h1-13,15-16,22H,14H2,(H,30,38)(H,31,37)(H,33,39)/b13-8+/t22-/m0/s1. The van der Waals surface area contributed by atoms with Crippen molar-refractivity contribution in [2.75, 3.05) is 5.32 Å². The van der Waals surface area contributed by atoms with Crippen molar-refractivity contribution in [1.29, 1.82) is 0 Å². The van der Waals surface area contributed by atoms with Gasteiger partial charge in [0.25, 0.3) is 0 Å². The first-order valence-electron chi connectivity index (χ1n) is 12.0. The van der Waals surface area contributed by atoms with Crippen LogP contribution in [-0.2, 0) is 16.0 Å². The molecular formula is C27H21ClN8O4. The number of nitrogens with zero attached hydrogens (tertiary/aromatic N) is 5. The SMILES string of the molecule is O=C(/C=C/c1cc(Cl)ccc1-n1cnnn1)N[C@@H](Cc1ccccc1)C(=O)Nc1ccc(-c2n[nH]c(=O)o2)cc1. The van der Waals surface area contributed by atoms with Crippen molar-refractivity contribution in [2.45, 2.75) is 12.5 Å². The van der Waals surface area contributed by atoms with Crippen LogP contribution in [0.1, 0.15) is 11.1 Å². The van der Waals surface area contributed by atoms with Gasteiger partial charge in [0.2, 0.25) is 17.7 Å². The highest BCUT2D eigenvalue weighted by atomic mass is 35.5. The zero-order chi connectivity index (χ0) is 27.9. The number of anilines is 1. The number of rotatable bonds is 9. The molecule has 5 aromatic rings. The smallest absolute Gasteiger partial charge is 0.388 e. The van der Waals surface area contributed by atoms with Crippen molar-refractivity contribution in [2.24, 2.45) is 0 Å². The molecule has 3 aromatic carbocycles. The van der Waals surface area contributed by atoms with Crippen molar-refractivity contribution in [3.8, 4) is 17.1 Å². The van der Waals surface area contributed by atoms with Gasteiger partial charge in [-0.15, -0.1) is 10.2 Å². The Hall–Kier alpha value is -5.36. The molecule has 2 amide bonds. The molecule has 0 aliphatic carbocycles. The summed E-state index contributed by atoms with van der Waals surface area (Å²) in [5, 5.41) is 23.2. The van der Waals surface area contributed by atoms with E-state index in [1.54, 1.807) is 48.5 Å². The summed E-state index contributed by atoms with van der Waals surface area (Å²) in [7, 11) is 0. The van der Waals surface area contributed by atoms with E-state index in [9.17, 15) is 14.4 Å². The van der Waals surface area contributed by atoms with Gasteiger partial charge in [0.1, 0.15) is 12.4 Å². The molecule has 200 valence electrons. The summed E-state index contributed by atoms with van der Waals surface area (Å²) in [5.74, 6) is -1.43. The molecule has 12 nitrogen and oxygen atoms in total. The van der Waals surface area contributed by atoms with E-state index in [1.165, 1.54) is 17.1 Å². The highest BCUT2D eigenvalue weighted by Crippen LogP contribution is 2.21. The van der Waals surface area contributed by atoms with E-state index >= 15 is 0 Å². The minimum atomic E-state index is -0.887. The van der Waals surface area contributed by atoms with E-state index in [0.29, 0.717) is 27.5 Å². The maximum absolute atomic E-state index is 13.3. The van der Waals surface area contributed by atoms with E-state index < -0.39 is 23.6 Å². The van der Waals surface area contributed by atoms with E-state index in [0.717, 1.165) is 5.56 Å². The van der Waals surface area contributed by atoms with Crippen LogP contribution in [-0.4, -0.2) is 48.3 Å². The maximum atomic E-state index is 13.3. The third kappa shape index (κ3) is 6.55. The van der Waals surface area contributed by atoms with E-state index in [4.69, 9.17) is 16.0 Å². The minimum Gasteiger partial charge on any atom is -0.388 e. The van der Waals surface area contributed by atoms with Gasteiger partial charge < -0.3 is 15.1 Å². The Morgan fingerprint density at radius 2 is 1.88 bits per heavy atom. The molecule has 0 spiro atoms. The van der Waals surface area contributed by atoms with Gasteiger partial charge in [-0.05, 0) is 64.5 Å². The number of carbonyl (C=O) groups is 2. The molecule has 0 unspecified atom stereocenters. The topological polar surface area (TPSA) is 161 Å². The highest BCUT2D eigenvalue weighted by molar-refractivity contribution is 6.30. The van der Waals surface area contributed by atoms with Crippen LogP contribution in [0.5, 0.6) is 0 Å². The lowest BCUT2D eigenvalue weighted by molar-refractivity contribution is -0.123. The molecule has 0 saturated carbocycles. The summed E-state index contributed by atoms with van der Waals surface area (Å²) in [6, 6.07) is 20.1. The molecule has 0 saturated heterocycles. The van der Waals surface area contributed by atoms with Gasteiger partial charge in [0.05, 0.1) is 5.69 Å². The van der Waals surface area contributed by atoms with E-state index in [1.807, 2.05) is 30.3 Å².